The van der Waals surface area contributed by atoms with Crippen LogP contribution in [0.3, 0.4) is 0 Å². The molecule has 0 unspecified atom stereocenters. The van der Waals surface area contributed by atoms with Gasteiger partial charge < -0.3 is 50.9 Å². The third kappa shape index (κ3) is 8.86. The summed E-state index contributed by atoms with van der Waals surface area (Å²) in [4.78, 5) is 0. The van der Waals surface area contributed by atoms with Gasteiger partial charge in [-0.2, -0.15) is 0 Å². The predicted octanol–water partition coefficient (Wildman–Crippen LogP) is -10.2. The Bertz CT molecular complexity index is 3.25. The fraction of sp³-hybridized carbons (Fsp3) is 0. The van der Waals surface area contributed by atoms with Gasteiger partial charge in [0.05, 0.1) is 0 Å². The molecule has 0 fully saturated rings. The van der Waals surface area contributed by atoms with Crippen molar-refractivity contribution in [3.05, 3.63) is 0 Å². The van der Waals surface area contributed by atoms with E-state index >= 15 is 0 Å². The Kier molecular flexibility index (Phi) is 159. The number of hydrogen-bond donors (Lipinski definition) is 0. The molecular formula is H3Br3Sb. The Morgan fingerprint density at radius 1 is 0.500 bits per heavy atom. The molecular weight excluding hydrogens is 361 g/mol. The van der Waals surface area contributed by atoms with E-state index in [-0.39, 0.29) is 75.4 Å². The number of hydrogen-bond acceptors (Lipinski definition) is 0. The molecule has 0 heterocycles. The second-order valence-corrected chi connectivity index (χ2v) is 0. The summed E-state index contributed by atoms with van der Waals surface area (Å²) in [5.41, 5.74) is 0. The molecule has 0 N–H and O–H groups in total. The summed E-state index contributed by atoms with van der Waals surface area (Å²) >= 11 is 0. The quantitative estimate of drug-likeness (QED) is 0.375. The van der Waals surface area contributed by atoms with Crippen LogP contribution in [-0.2, 0) is 0 Å². The van der Waals surface area contributed by atoms with Crippen LogP contribution in [0.25, 0.3) is 0 Å². The van der Waals surface area contributed by atoms with Crippen molar-refractivity contribution in [3.63, 3.8) is 0 Å². The maximum atomic E-state index is 0. The Balaban J connectivity index is 0. The zero-order valence-corrected chi connectivity index (χ0v) is 10.6. The zero-order valence-electron chi connectivity index (χ0n) is 1.84. The second kappa shape index (κ2) is 18.7. The molecule has 0 aliphatic heterocycles. The van der Waals surface area contributed by atoms with Gasteiger partial charge in [-0.1, -0.05) is 0 Å². The van der Waals surface area contributed by atoms with Crippen LogP contribution in [-0.4, -0.2) is 24.4 Å². The molecule has 0 aromatic heterocycles. The first-order valence-corrected chi connectivity index (χ1v) is 0. The topological polar surface area (TPSA) is 0 Å². The van der Waals surface area contributed by atoms with Gasteiger partial charge in [0.2, 0.25) is 0 Å². The average molecular weight is 364 g/mol. The van der Waals surface area contributed by atoms with Crippen molar-refractivity contribution in [2.75, 3.05) is 0 Å². The van der Waals surface area contributed by atoms with Crippen molar-refractivity contribution in [2.24, 2.45) is 0 Å². The van der Waals surface area contributed by atoms with Crippen LogP contribution in [0, 0.1) is 0 Å². The molecule has 0 aromatic carbocycles. The van der Waals surface area contributed by atoms with E-state index in [1.165, 1.54) is 0 Å². The van der Waals surface area contributed by atoms with E-state index in [9.17, 15) is 0 Å². The fourth-order valence-electron chi connectivity index (χ4n) is 0. The summed E-state index contributed by atoms with van der Waals surface area (Å²) in [5, 5.41) is 0. The molecule has 4 heavy (non-hydrogen) atoms. The van der Waals surface area contributed by atoms with Crippen LogP contribution in [0.2, 0.25) is 0 Å². The molecule has 0 nitrogen and oxygen atoms in total. The molecule has 0 amide bonds. The molecule has 0 spiro atoms. The monoisotopic (exact) mass is 361 g/mol. The van der Waals surface area contributed by atoms with E-state index in [0.29, 0.717) is 0 Å². The van der Waals surface area contributed by atoms with E-state index in [1.807, 2.05) is 0 Å². The molecule has 0 aliphatic rings. The summed E-state index contributed by atoms with van der Waals surface area (Å²) < 4.78 is 0. The van der Waals surface area contributed by atoms with Crippen molar-refractivity contribution in [2.45, 2.75) is 0 Å². The van der Waals surface area contributed by atoms with Gasteiger partial charge in [0.25, 0.3) is 0 Å². The minimum absolute atomic E-state index is 0. The van der Waals surface area contributed by atoms with Gasteiger partial charge in [-0.15, -0.1) is 0 Å². The van der Waals surface area contributed by atoms with E-state index in [0.717, 1.165) is 0 Å². The van der Waals surface area contributed by atoms with Crippen LogP contribution < -0.4 is 50.9 Å². The first kappa shape index (κ1) is 33.9. The Morgan fingerprint density at radius 3 is 0.500 bits per heavy atom. The van der Waals surface area contributed by atoms with E-state index in [1.54, 1.807) is 0 Å². The molecule has 0 rings (SSSR count). The van der Waals surface area contributed by atoms with Gasteiger partial charge >= 0.3 is 24.4 Å². The van der Waals surface area contributed by atoms with Gasteiger partial charge in [-0.25, -0.2) is 0 Å². The SMILES string of the molecule is [Br-].[Br-].[Br-].[SbH3+3]. The van der Waals surface area contributed by atoms with Crippen LogP contribution >= 0.6 is 0 Å². The molecule has 0 saturated heterocycles. The minimum atomic E-state index is 0. The van der Waals surface area contributed by atoms with Gasteiger partial charge in [0, 0.05) is 0 Å². The van der Waals surface area contributed by atoms with E-state index < -0.39 is 0 Å². The van der Waals surface area contributed by atoms with Crippen LogP contribution in [0.15, 0.2) is 0 Å². The first-order chi connectivity index (χ1) is 0. The third-order valence-corrected chi connectivity index (χ3v) is 0. The van der Waals surface area contributed by atoms with Crippen molar-refractivity contribution >= 4 is 24.4 Å². The zero-order chi connectivity index (χ0) is 0. The van der Waals surface area contributed by atoms with Crippen molar-refractivity contribution in [1.29, 1.82) is 0 Å². The van der Waals surface area contributed by atoms with Crippen molar-refractivity contribution in [3.8, 4) is 0 Å². The summed E-state index contributed by atoms with van der Waals surface area (Å²) in [6, 6.07) is 0. The summed E-state index contributed by atoms with van der Waals surface area (Å²) in [6.45, 7) is 0. The van der Waals surface area contributed by atoms with Gasteiger partial charge in [0.15, 0.2) is 0 Å². The average Bonchev–Trinajstić information content (AvgIpc) is 0. The van der Waals surface area contributed by atoms with Crippen molar-refractivity contribution in [1.82, 2.24) is 0 Å². The third-order valence-electron chi connectivity index (χ3n) is 0. The Labute approximate surface area is 74.5 Å². The van der Waals surface area contributed by atoms with Gasteiger partial charge in [-0.05, 0) is 0 Å². The fourth-order valence-corrected chi connectivity index (χ4v) is 0. The van der Waals surface area contributed by atoms with Crippen LogP contribution in [0.4, 0.5) is 0 Å². The van der Waals surface area contributed by atoms with Crippen molar-refractivity contribution < 1.29 is 50.9 Å². The summed E-state index contributed by atoms with van der Waals surface area (Å²) in [5.74, 6) is 0. The standard InChI is InChI=1S/3BrH.Sb.3H/h3*1H;;;;/q;;;+3;;;/p-3. The maximum absolute atomic E-state index is 0. The van der Waals surface area contributed by atoms with E-state index in [2.05, 4.69) is 0 Å². The normalized spacial score (nSPS) is 0. The summed E-state index contributed by atoms with van der Waals surface area (Å²) in [7, 11) is 0. The molecule has 0 saturated carbocycles. The van der Waals surface area contributed by atoms with E-state index in [4.69, 9.17) is 0 Å². The molecule has 0 atom stereocenters. The molecule has 0 aromatic rings. The molecule has 29 valence electrons. The van der Waals surface area contributed by atoms with Crippen LogP contribution in [0.5, 0.6) is 0 Å². The number of halogens is 3. The first-order valence-electron chi connectivity index (χ1n) is 0. The van der Waals surface area contributed by atoms with Crippen LogP contribution in [0.1, 0.15) is 0 Å². The second-order valence-electron chi connectivity index (χ2n) is 0. The Hall–Kier alpha value is 2.26. The molecule has 0 bridgehead atoms. The summed E-state index contributed by atoms with van der Waals surface area (Å²) in [6.07, 6.45) is 0. The predicted molar refractivity (Wildman–Crippen MR) is 9.94 cm³/mol. The van der Waals surface area contributed by atoms with Gasteiger partial charge in [0.1, 0.15) is 0 Å². The molecule has 3 radical (unpaired) electrons. The Morgan fingerprint density at radius 2 is 0.500 bits per heavy atom. The molecule has 4 heteroatoms. The molecule has 0 aliphatic carbocycles. The van der Waals surface area contributed by atoms with Gasteiger partial charge in [-0.3, -0.25) is 0 Å². The number of rotatable bonds is 0.